The highest BCUT2D eigenvalue weighted by Gasteiger charge is 2.39. The molecule has 0 aliphatic carbocycles. The summed E-state index contributed by atoms with van der Waals surface area (Å²) in [4.78, 5) is 40.2. The second-order valence-corrected chi connectivity index (χ2v) is 10.1. The van der Waals surface area contributed by atoms with E-state index < -0.39 is 30.4 Å². The van der Waals surface area contributed by atoms with Crippen molar-refractivity contribution in [2.75, 3.05) is 4.90 Å². The van der Waals surface area contributed by atoms with E-state index in [0.717, 1.165) is 15.8 Å². The number of carboxylic acid groups (broad SMARTS) is 1. The number of para-hydroxylation sites is 4. The van der Waals surface area contributed by atoms with Crippen LogP contribution < -0.4 is 15.0 Å². The van der Waals surface area contributed by atoms with Gasteiger partial charge in [-0.05, 0) is 51.1 Å². The molecule has 11 nitrogen and oxygen atoms in total. The van der Waals surface area contributed by atoms with Gasteiger partial charge < -0.3 is 19.5 Å². The number of hydrogen-bond acceptors (Lipinski definition) is 7. The minimum Gasteiger partial charge on any atom is -0.486 e. The van der Waals surface area contributed by atoms with Gasteiger partial charge in [0.15, 0.2) is 0 Å². The molecule has 2 heterocycles. The van der Waals surface area contributed by atoms with Crippen LogP contribution in [0.25, 0.3) is 16.6 Å². The van der Waals surface area contributed by atoms with E-state index >= 15 is 0 Å². The van der Waals surface area contributed by atoms with Crippen LogP contribution in [-0.4, -0.2) is 62.4 Å². The lowest BCUT2D eigenvalue weighted by atomic mass is 10.1. The number of nitriles is 1. The summed E-state index contributed by atoms with van der Waals surface area (Å²) < 4.78 is 7.91. The molecule has 4 aromatic rings. The quantitative estimate of drug-likeness (QED) is 0.240. The van der Waals surface area contributed by atoms with Crippen molar-refractivity contribution in [3.05, 3.63) is 84.1 Å². The Kier molecular flexibility index (Phi) is 7.91. The fraction of sp³-hybridized carbons (Fsp3) is 0.258. The lowest BCUT2D eigenvalue weighted by Gasteiger charge is -2.34. The molecule has 1 aromatic heterocycles. The average Bonchev–Trinajstić information content (AvgIpc) is 3.32. The minimum absolute atomic E-state index is 0.0775. The number of carbonyl (C=O) groups excluding carboxylic acids is 2. The van der Waals surface area contributed by atoms with Crippen molar-refractivity contribution in [2.45, 2.75) is 51.7 Å². The number of rotatable bonds is 8. The Morgan fingerprint density at radius 1 is 1.12 bits per heavy atom. The van der Waals surface area contributed by atoms with E-state index in [1.54, 1.807) is 53.8 Å². The lowest BCUT2D eigenvalue weighted by Crippen LogP contribution is -2.60. The van der Waals surface area contributed by atoms with Crippen molar-refractivity contribution in [1.29, 1.82) is 5.26 Å². The van der Waals surface area contributed by atoms with Crippen LogP contribution >= 0.6 is 0 Å². The Balaban J connectivity index is 1.57. The first kappa shape index (κ1) is 28.3. The van der Waals surface area contributed by atoms with Crippen molar-refractivity contribution in [2.24, 2.45) is 0 Å². The van der Waals surface area contributed by atoms with Gasteiger partial charge in [0.2, 0.25) is 5.91 Å². The van der Waals surface area contributed by atoms with Gasteiger partial charge in [0, 0.05) is 5.39 Å². The summed E-state index contributed by atoms with van der Waals surface area (Å²) in [5.41, 5.74) is 3.00. The third kappa shape index (κ3) is 5.15. The molecule has 2 N–H and O–H groups in total. The van der Waals surface area contributed by atoms with E-state index in [4.69, 9.17) is 9.84 Å². The zero-order valence-corrected chi connectivity index (χ0v) is 23.3. The van der Waals surface area contributed by atoms with Crippen molar-refractivity contribution >= 4 is 34.9 Å². The number of fused-ring (bicyclic) bond motifs is 2. The Hall–Kier alpha value is -5.21. The van der Waals surface area contributed by atoms with Crippen LogP contribution in [0.3, 0.4) is 0 Å². The van der Waals surface area contributed by atoms with Crippen LogP contribution in [0.1, 0.15) is 32.0 Å². The molecule has 42 heavy (non-hydrogen) atoms. The van der Waals surface area contributed by atoms with E-state index in [9.17, 15) is 24.8 Å². The summed E-state index contributed by atoms with van der Waals surface area (Å²) in [7, 11) is 0. The molecule has 0 spiro atoms. The SMILES string of the molecule is CC(N[C@@H]1C(=O)N(Cc2nn(-c3ccccc3C#N)c3ccccc23)c2ccccc2O[C@H]1C)N(C(=O)O)[C@@H](C)C=O. The molecule has 0 saturated carbocycles. The third-order valence-electron chi connectivity index (χ3n) is 7.39. The van der Waals surface area contributed by atoms with Crippen LogP contribution in [0.5, 0.6) is 5.75 Å². The molecule has 2 amide bonds. The minimum atomic E-state index is -1.29. The number of hydrogen-bond donors (Lipinski definition) is 2. The number of anilines is 1. The lowest BCUT2D eigenvalue weighted by molar-refractivity contribution is -0.123. The van der Waals surface area contributed by atoms with E-state index in [1.807, 2.05) is 42.5 Å². The monoisotopic (exact) mass is 566 g/mol. The Morgan fingerprint density at radius 3 is 2.50 bits per heavy atom. The van der Waals surface area contributed by atoms with Crippen molar-refractivity contribution in [3.8, 4) is 17.5 Å². The molecule has 5 rings (SSSR count). The normalized spacial score (nSPS) is 17.9. The predicted molar refractivity (Wildman–Crippen MR) is 155 cm³/mol. The standard InChI is InChI=1S/C31H30N6O5/c1-19(18-38)36(31(40)41)21(3)33-29-20(2)42-28-15-9-8-14-27(28)35(30(29)39)17-24-23-11-5-7-13-26(23)37(34-24)25-12-6-4-10-22(25)16-32/h4-15,18-21,29,33H,17H2,1-3H3,(H,40,41)/t19-,20-,21?,29-/m0/s1. The fourth-order valence-electron chi connectivity index (χ4n) is 5.34. The van der Waals surface area contributed by atoms with Gasteiger partial charge >= 0.3 is 6.09 Å². The molecule has 0 saturated heterocycles. The third-order valence-corrected chi connectivity index (χ3v) is 7.39. The number of carbonyl (C=O) groups is 3. The van der Waals surface area contributed by atoms with Gasteiger partial charge in [-0.3, -0.25) is 15.0 Å². The predicted octanol–water partition coefficient (Wildman–Crippen LogP) is 4.08. The maximum absolute atomic E-state index is 14.3. The van der Waals surface area contributed by atoms with Crippen LogP contribution in [0.2, 0.25) is 0 Å². The van der Waals surface area contributed by atoms with E-state index in [2.05, 4.69) is 11.4 Å². The summed E-state index contributed by atoms with van der Waals surface area (Å²) in [6, 6.07) is 22.3. The zero-order chi connectivity index (χ0) is 30.0. The second kappa shape index (κ2) is 11.7. The molecule has 1 aliphatic rings. The summed E-state index contributed by atoms with van der Waals surface area (Å²) in [6.07, 6.45) is -2.31. The molecule has 0 bridgehead atoms. The molecule has 214 valence electrons. The van der Waals surface area contributed by atoms with Gasteiger partial charge in [-0.25, -0.2) is 9.48 Å². The molecule has 0 radical (unpaired) electrons. The van der Waals surface area contributed by atoms with Crippen molar-refractivity contribution < 1.29 is 24.2 Å². The number of benzene rings is 3. The van der Waals surface area contributed by atoms with Crippen LogP contribution in [-0.2, 0) is 16.1 Å². The van der Waals surface area contributed by atoms with Gasteiger partial charge in [0.1, 0.15) is 30.3 Å². The zero-order valence-electron chi connectivity index (χ0n) is 23.3. The largest absolute Gasteiger partial charge is 0.486 e. The number of aldehydes is 1. The number of amides is 2. The first-order valence-electron chi connectivity index (χ1n) is 13.5. The molecule has 4 atom stereocenters. The van der Waals surface area contributed by atoms with Gasteiger partial charge in [-0.15, -0.1) is 0 Å². The second-order valence-electron chi connectivity index (χ2n) is 10.1. The highest BCUT2D eigenvalue weighted by Crippen LogP contribution is 2.35. The Morgan fingerprint density at radius 2 is 1.79 bits per heavy atom. The molecular formula is C31H30N6O5. The van der Waals surface area contributed by atoms with E-state index in [-0.39, 0.29) is 12.5 Å². The fourth-order valence-corrected chi connectivity index (χ4v) is 5.34. The van der Waals surface area contributed by atoms with E-state index in [1.165, 1.54) is 6.92 Å². The van der Waals surface area contributed by atoms with Crippen LogP contribution in [0.4, 0.5) is 10.5 Å². The first-order valence-corrected chi connectivity index (χ1v) is 13.5. The topological polar surface area (TPSA) is 141 Å². The van der Waals surface area contributed by atoms with Crippen molar-refractivity contribution in [1.82, 2.24) is 20.0 Å². The van der Waals surface area contributed by atoms with Gasteiger partial charge in [-0.2, -0.15) is 10.4 Å². The molecule has 0 fully saturated rings. The highest BCUT2D eigenvalue weighted by atomic mass is 16.5. The summed E-state index contributed by atoms with van der Waals surface area (Å²) >= 11 is 0. The molecule has 1 unspecified atom stereocenters. The number of nitrogens with one attached hydrogen (secondary N) is 1. The molecule has 1 aliphatic heterocycles. The highest BCUT2D eigenvalue weighted by molar-refractivity contribution is 6.00. The van der Waals surface area contributed by atoms with Crippen molar-refractivity contribution in [3.63, 3.8) is 0 Å². The van der Waals surface area contributed by atoms with Crippen LogP contribution in [0.15, 0.2) is 72.8 Å². The Bertz CT molecular complexity index is 1690. The molecule has 11 heteroatoms. The van der Waals surface area contributed by atoms with Gasteiger partial charge in [-0.1, -0.05) is 42.5 Å². The maximum Gasteiger partial charge on any atom is 0.409 e. The van der Waals surface area contributed by atoms with E-state index in [0.29, 0.717) is 34.7 Å². The maximum atomic E-state index is 14.3. The Labute approximate surface area is 242 Å². The van der Waals surface area contributed by atoms with Crippen LogP contribution in [0, 0.1) is 11.3 Å². The average molecular weight is 567 g/mol. The summed E-state index contributed by atoms with van der Waals surface area (Å²) in [5.74, 6) is 0.143. The summed E-state index contributed by atoms with van der Waals surface area (Å²) in [6.45, 7) is 4.87. The molecular weight excluding hydrogens is 536 g/mol. The van der Waals surface area contributed by atoms with Gasteiger partial charge in [0.25, 0.3) is 0 Å². The number of nitrogens with zero attached hydrogens (tertiary/aromatic N) is 5. The first-order chi connectivity index (χ1) is 20.2. The summed E-state index contributed by atoms with van der Waals surface area (Å²) in [5, 5.41) is 28.3. The molecule has 3 aromatic carbocycles. The number of aromatic nitrogens is 2. The van der Waals surface area contributed by atoms with Gasteiger partial charge in [0.05, 0.1) is 46.9 Å². The number of ether oxygens (including phenoxy) is 1. The smallest absolute Gasteiger partial charge is 0.409 e.